The molecule has 0 atom stereocenters. The van der Waals surface area contributed by atoms with E-state index in [0.29, 0.717) is 13.2 Å². The smallest absolute Gasteiger partial charge is 0.253 e. The fourth-order valence-corrected chi connectivity index (χ4v) is 3.30. The molecule has 0 aromatic heterocycles. The largest absolute Gasteiger partial charge is 0.343 e. The second kappa shape index (κ2) is 6.99. The lowest BCUT2D eigenvalue weighted by atomic mass is 9.99. The zero-order chi connectivity index (χ0) is 16.3. The average Bonchev–Trinajstić information content (AvgIpc) is 3.05. The minimum Gasteiger partial charge on any atom is -0.343 e. The Kier molecular flexibility index (Phi) is 4.99. The van der Waals surface area contributed by atoms with E-state index >= 15 is 0 Å². The van der Waals surface area contributed by atoms with Gasteiger partial charge in [-0.2, -0.15) is 0 Å². The number of amides is 1. The Hall–Kier alpha value is -1.43. The maximum Gasteiger partial charge on any atom is 0.253 e. The highest BCUT2D eigenvalue weighted by Crippen LogP contribution is 2.36. The summed E-state index contributed by atoms with van der Waals surface area (Å²) in [6.07, 6.45) is 1.82. The third-order valence-corrected chi connectivity index (χ3v) is 4.70. The molecular formula is C18H26N2O3. The van der Waals surface area contributed by atoms with Crippen LogP contribution in [0.3, 0.4) is 0 Å². The summed E-state index contributed by atoms with van der Waals surface area (Å²) in [6.45, 7) is 6.84. The third kappa shape index (κ3) is 3.42. The van der Waals surface area contributed by atoms with E-state index in [2.05, 4.69) is 18.9 Å². The van der Waals surface area contributed by atoms with E-state index in [1.807, 2.05) is 29.2 Å². The van der Waals surface area contributed by atoms with Crippen LogP contribution in [0.2, 0.25) is 0 Å². The van der Waals surface area contributed by atoms with Gasteiger partial charge < -0.3 is 19.3 Å². The molecule has 2 aliphatic heterocycles. The minimum atomic E-state index is -0.621. The van der Waals surface area contributed by atoms with Crippen molar-refractivity contribution in [3.05, 3.63) is 35.4 Å². The van der Waals surface area contributed by atoms with Crippen LogP contribution in [-0.4, -0.2) is 62.1 Å². The molecule has 126 valence electrons. The second-order valence-electron chi connectivity index (χ2n) is 6.37. The Morgan fingerprint density at radius 2 is 1.70 bits per heavy atom. The van der Waals surface area contributed by atoms with Gasteiger partial charge in [0.25, 0.3) is 5.91 Å². The van der Waals surface area contributed by atoms with Crippen molar-refractivity contribution >= 4 is 5.91 Å². The Labute approximate surface area is 138 Å². The van der Waals surface area contributed by atoms with Crippen molar-refractivity contribution in [2.24, 2.45) is 0 Å². The van der Waals surface area contributed by atoms with Gasteiger partial charge >= 0.3 is 0 Å². The molecule has 0 unspecified atom stereocenters. The topological polar surface area (TPSA) is 42.0 Å². The maximum absolute atomic E-state index is 12.6. The van der Waals surface area contributed by atoms with E-state index in [-0.39, 0.29) is 5.91 Å². The van der Waals surface area contributed by atoms with Gasteiger partial charge in [-0.25, -0.2) is 0 Å². The second-order valence-corrected chi connectivity index (χ2v) is 6.37. The fraction of sp³-hybridized carbons (Fsp3) is 0.611. The minimum absolute atomic E-state index is 0.113. The number of likely N-dealkylation sites (N-methyl/N-ethyl adjacent to an activating group) is 1. The summed E-state index contributed by atoms with van der Waals surface area (Å²) >= 11 is 0. The van der Waals surface area contributed by atoms with Crippen LogP contribution in [0.15, 0.2) is 24.3 Å². The molecule has 2 aliphatic rings. The number of piperazine rings is 1. The normalized spacial score (nSPS) is 21.6. The summed E-state index contributed by atoms with van der Waals surface area (Å²) in [5.74, 6) is -0.507. The summed E-state index contributed by atoms with van der Waals surface area (Å²) in [5, 5.41) is 0. The molecule has 0 N–H and O–H groups in total. The van der Waals surface area contributed by atoms with Crippen molar-refractivity contribution in [3.8, 4) is 0 Å². The van der Waals surface area contributed by atoms with Crippen LogP contribution in [0, 0.1) is 0 Å². The Balaban J connectivity index is 1.72. The molecule has 5 heteroatoms. The van der Waals surface area contributed by atoms with Gasteiger partial charge in [-0.15, -0.1) is 0 Å². The van der Waals surface area contributed by atoms with Gasteiger partial charge in [0.2, 0.25) is 0 Å². The van der Waals surface area contributed by atoms with Crippen molar-refractivity contribution in [2.75, 3.05) is 46.4 Å². The number of rotatable bonds is 4. The first-order valence-electron chi connectivity index (χ1n) is 8.51. The van der Waals surface area contributed by atoms with E-state index in [1.165, 1.54) is 0 Å². The molecule has 2 heterocycles. The van der Waals surface area contributed by atoms with Crippen LogP contribution >= 0.6 is 0 Å². The quantitative estimate of drug-likeness (QED) is 0.852. The van der Waals surface area contributed by atoms with E-state index in [4.69, 9.17) is 9.47 Å². The zero-order valence-corrected chi connectivity index (χ0v) is 14.1. The summed E-state index contributed by atoms with van der Waals surface area (Å²) in [6, 6.07) is 7.76. The number of carbonyl (C=O) groups excluding carboxylic acids is 1. The summed E-state index contributed by atoms with van der Waals surface area (Å²) < 4.78 is 11.7. The predicted octanol–water partition coefficient (Wildman–Crippen LogP) is 2.07. The lowest BCUT2D eigenvalue weighted by Crippen LogP contribution is -2.47. The monoisotopic (exact) mass is 318 g/mol. The van der Waals surface area contributed by atoms with Crippen molar-refractivity contribution < 1.29 is 14.3 Å². The first-order valence-corrected chi connectivity index (χ1v) is 8.51. The predicted molar refractivity (Wildman–Crippen MR) is 88.3 cm³/mol. The lowest BCUT2D eigenvalue weighted by molar-refractivity contribution is -0.170. The van der Waals surface area contributed by atoms with E-state index < -0.39 is 5.79 Å². The van der Waals surface area contributed by atoms with Crippen LogP contribution in [-0.2, 0) is 15.3 Å². The van der Waals surface area contributed by atoms with Gasteiger partial charge in [-0.05, 0) is 19.2 Å². The molecule has 1 aromatic rings. The number of nitrogens with zero attached hydrogens (tertiary/aromatic N) is 2. The van der Waals surface area contributed by atoms with Gasteiger partial charge in [0.1, 0.15) is 0 Å². The van der Waals surface area contributed by atoms with Crippen LogP contribution in [0.1, 0.15) is 35.7 Å². The van der Waals surface area contributed by atoms with Crippen LogP contribution in [0.5, 0.6) is 0 Å². The van der Waals surface area contributed by atoms with Crippen molar-refractivity contribution in [1.82, 2.24) is 9.80 Å². The number of hydrogen-bond donors (Lipinski definition) is 0. The van der Waals surface area contributed by atoms with Gasteiger partial charge in [0, 0.05) is 43.7 Å². The Morgan fingerprint density at radius 1 is 1.09 bits per heavy atom. The highest BCUT2D eigenvalue weighted by atomic mass is 16.7. The maximum atomic E-state index is 12.6. The molecule has 2 fully saturated rings. The third-order valence-electron chi connectivity index (χ3n) is 4.70. The zero-order valence-electron chi connectivity index (χ0n) is 14.1. The fourth-order valence-electron chi connectivity index (χ4n) is 3.30. The molecule has 1 amide bonds. The summed E-state index contributed by atoms with van der Waals surface area (Å²) in [7, 11) is 2.09. The highest BCUT2D eigenvalue weighted by molar-refractivity contribution is 5.94. The van der Waals surface area contributed by atoms with E-state index in [0.717, 1.165) is 50.1 Å². The highest BCUT2D eigenvalue weighted by Gasteiger charge is 2.37. The molecule has 5 nitrogen and oxygen atoms in total. The molecule has 0 bridgehead atoms. The standard InChI is InChI=1S/C18H26N2O3/c1-3-8-18(22-13-14-23-18)16-6-4-15(5-7-16)17(21)20-11-9-19(2)10-12-20/h4-7H,3,8-14H2,1-2H3. The first-order chi connectivity index (χ1) is 11.1. The van der Waals surface area contributed by atoms with Crippen LogP contribution in [0.25, 0.3) is 0 Å². The number of carbonyl (C=O) groups is 1. The van der Waals surface area contributed by atoms with Crippen LogP contribution in [0.4, 0.5) is 0 Å². The molecule has 23 heavy (non-hydrogen) atoms. The number of hydrogen-bond acceptors (Lipinski definition) is 4. The summed E-state index contributed by atoms with van der Waals surface area (Å²) in [5.41, 5.74) is 1.75. The van der Waals surface area contributed by atoms with Gasteiger partial charge in [0.05, 0.1) is 13.2 Å². The average molecular weight is 318 g/mol. The van der Waals surface area contributed by atoms with Gasteiger partial charge in [-0.3, -0.25) is 4.79 Å². The van der Waals surface area contributed by atoms with E-state index in [9.17, 15) is 4.79 Å². The number of benzene rings is 1. The van der Waals surface area contributed by atoms with Gasteiger partial charge in [0.15, 0.2) is 5.79 Å². The Bertz CT molecular complexity index is 530. The lowest BCUT2D eigenvalue weighted by Gasteiger charge is -2.32. The molecule has 0 radical (unpaired) electrons. The van der Waals surface area contributed by atoms with Crippen molar-refractivity contribution in [1.29, 1.82) is 0 Å². The molecule has 0 saturated carbocycles. The number of ether oxygens (including phenoxy) is 2. The molecule has 2 saturated heterocycles. The first kappa shape index (κ1) is 16.4. The molecule has 0 aliphatic carbocycles. The Morgan fingerprint density at radius 3 is 2.26 bits per heavy atom. The molecule has 1 aromatic carbocycles. The summed E-state index contributed by atoms with van der Waals surface area (Å²) in [4.78, 5) is 16.8. The van der Waals surface area contributed by atoms with Crippen molar-refractivity contribution in [2.45, 2.75) is 25.6 Å². The van der Waals surface area contributed by atoms with Gasteiger partial charge in [-0.1, -0.05) is 25.5 Å². The van der Waals surface area contributed by atoms with Crippen molar-refractivity contribution in [3.63, 3.8) is 0 Å². The molecular weight excluding hydrogens is 292 g/mol. The SMILES string of the molecule is CCCC1(c2ccc(C(=O)N3CCN(C)CC3)cc2)OCCO1. The van der Waals surface area contributed by atoms with E-state index in [1.54, 1.807) is 0 Å². The molecule has 0 spiro atoms. The molecule has 3 rings (SSSR count). The van der Waals surface area contributed by atoms with Crippen LogP contribution < -0.4 is 0 Å².